The van der Waals surface area contributed by atoms with E-state index in [0.29, 0.717) is 11.1 Å². The largest absolute Gasteiger partial charge is 0.488 e. The van der Waals surface area contributed by atoms with Crippen LogP contribution in [0.5, 0.6) is 5.75 Å². The molecular formula is C15H14Br2FNO. The van der Waals surface area contributed by atoms with Gasteiger partial charge in [0.15, 0.2) is 0 Å². The third-order valence-electron chi connectivity index (χ3n) is 2.78. The Morgan fingerprint density at radius 1 is 1.10 bits per heavy atom. The first-order valence-corrected chi connectivity index (χ1v) is 7.68. The second-order valence-electron chi connectivity index (χ2n) is 4.32. The Labute approximate surface area is 134 Å². The molecule has 106 valence electrons. The highest BCUT2D eigenvalue weighted by Crippen LogP contribution is 2.28. The van der Waals surface area contributed by atoms with Crippen molar-refractivity contribution in [2.45, 2.75) is 13.2 Å². The molecule has 2 aromatic carbocycles. The van der Waals surface area contributed by atoms with Crippen molar-refractivity contribution in [1.82, 2.24) is 5.32 Å². The molecule has 0 aromatic heterocycles. The minimum absolute atomic E-state index is 0.266. The molecule has 0 atom stereocenters. The summed E-state index contributed by atoms with van der Waals surface area (Å²) < 4.78 is 20.4. The van der Waals surface area contributed by atoms with Gasteiger partial charge in [-0.3, -0.25) is 0 Å². The maximum atomic E-state index is 13.0. The Bertz CT molecular complexity index is 604. The summed E-state index contributed by atoms with van der Waals surface area (Å²) in [5.41, 5.74) is 2.08. The molecule has 0 bridgehead atoms. The lowest BCUT2D eigenvalue weighted by Crippen LogP contribution is -2.05. The van der Waals surface area contributed by atoms with Gasteiger partial charge >= 0.3 is 0 Å². The lowest BCUT2D eigenvalue weighted by Gasteiger charge is -2.11. The average molecular weight is 403 g/mol. The van der Waals surface area contributed by atoms with Gasteiger partial charge in [-0.25, -0.2) is 4.39 Å². The maximum Gasteiger partial charge on any atom is 0.134 e. The predicted octanol–water partition coefficient (Wildman–Crippen LogP) is 4.65. The summed E-state index contributed by atoms with van der Waals surface area (Å²) in [6.07, 6.45) is 0. The fourth-order valence-corrected chi connectivity index (χ4v) is 2.78. The van der Waals surface area contributed by atoms with E-state index in [4.69, 9.17) is 4.74 Å². The minimum Gasteiger partial charge on any atom is -0.488 e. The molecule has 0 radical (unpaired) electrons. The molecule has 0 saturated heterocycles. The van der Waals surface area contributed by atoms with E-state index < -0.39 is 0 Å². The van der Waals surface area contributed by atoms with Crippen molar-refractivity contribution in [3.8, 4) is 5.75 Å². The molecule has 2 nitrogen and oxygen atoms in total. The quantitative estimate of drug-likeness (QED) is 0.785. The van der Waals surface area contributed by atoms with Crippen molar-refractivity contribution in [2.75, 3.05) is 7.05 Å². The third kappa shape index (κ3) is 4.04. The molecule has 20 heavy (non-hydrogen) atoms. The molecule has 0 aliphatic rings. The summed E-state index contributed by atoms with van der Waals surface area (Å²) >= 11 is 6.83. The number of hydrogen-bond acceptors (Lipinski definition) is 2. The lowest BCUT2D eigenvalue weighted by atomic mass is 10.2. The molecule has 2 rings (SSSR count). The van der Waals surface area contributed by atoms with Crippen molar-refractivity contribution in [3.63, 3.8) is 0 Å². The summed E-state index contributed by atoms with van der Waals surface area (Å²) in [4.78, 5) is 0. The van der Waals surface area contributed by atoms with Gasteiger partial charge in [-0.1, -0.05) is 28.1 Å². The van der Waals surface area contributed by atoms with Gasteiger partial charge in [0.1, 0.15) is 18.2 Å². The fraction of sp³-hybridized carbons (Fsp3) is 0.200. The van der Waals surface area contributed by atoms with Gasteiger partial charge in [0.25, 0.3) is 0 Å². The van der Waals surface area contributed by atoms with Crippen molar-refractivity contribution < 1.29 is 9.13 Å². The third-order valence-corrected chi connectivity index (χ3v) is 4.13. The Morgan fingerprint density at radius 2 is 1.90 bits per heavy atom. The van der Waals surface area contributed by atoms with Crippen LogP contribution in [0.4, 0.5) is 4.39 Å². The van der Waals surface area contributed by atoms with Gasteiger partial charge in [-0.05, 0) is 52.8 Å². The minimum atomic E-state index is -0.266. The Morgan fingerprint density at radius 3 is 2.55 bits per heavy atom. The Kier molecular flexibility index (Phi) is 5.57. The van der Waals surface area contributed by atoms with E-state index in [9.17, 15) is 4.39 Å². The zero-order chi connectivity index (χ0) is 14.5. The number of halogens is 3. The van der Waals surface area contributed by atoms with E-state index in [1.54, 1.807) is 6.07 Å². The molecule has 0 aliphatic carbocycles. The predicted molar refractivity (Wildman–Crippen MR) is 85.3 cm³/mol. The van der Waals surface area contributed by atoms with E-state index in [0.717, 1.165) is 22.3 Å². The van der Waals surface area contributed by atoms with E-state index in [-0.39, 0.29) is 5.82 Å². The number of hydrogen-bond donors (Lipinski definition) is 1. The zero-order valence-electron chi connectivity index (χ0n) is 10.9. The van der Waals surface area contributed by atoms with Crippen molar-refractivity contribution in [3.05, 3.63) is 62.3 Å². The van der Waals surface area contributed by atoms with Crippen LogP contribution in [-0.2, 0) is 13.2 Å². The molecule has 0 heterocycles. The number of nitrogens with one attached hydrogen (secondary N) is 1. The van der Waals surface area contributed by atoms with Crippen LogP contribution >= 0.6 is 31.9 Å². The maximum absolute atomic E-state index is 13.0. The zero-order valence-corrected chi connectivity index (χ0v) is 14.1. The highest BCUT2D eigenvalue weighted by molar-refractivity contribution is 9.10. The van der Waals surface area contributed by atoms with Crippen LogP contribution in [0.15, 0.2) is 45.3 Å². The number of benzene rings is 2. The fourth-order valence-electron chi connectivity index (χ4n) is 1.77. The summed E-state index contributed by atoms with van der Waals surface area (Å²) in [6, 6.07) is 10.5. The molecule has 0 amide bonds. The second kappa shape index (κ2) is 7.20. The van der Waals surface area contributed by atoms with Gasteiger partial charge in [0.2, 0.25) is 0 Å². The first kappa shape index (κ1) is 15.5. The first-order valence-electron chi connectivity index (χ1n) is 6.10. The lowest BCUT2D eigenvalue weighted by molar-refractivity contribution is 0.303. The van der Waals surface area contributed by atoms with E-state index in [1.807, 2.05) is 25.2 Å². The van der Waals surface area contributed by atoms with Crippen molar-refractivity contribution in [2.24, 2.45) is 0 Å². The molecular weight excluding hydrogens is 389 g/mol. The van der Waals surface area contributed by atoms with Gasteiger partial charge in [-0.15, -0.1) is 0 Å². The molecule has 0 aliphatic heterocycles. The van der Waals surface area contributed by atoms with Crippen molar-refractivity contribution >= 4 is 31.9 Å². The Balaban J connectivity index is 2.07. The standard InChI is InChI=1S/C15H14Br2FNO/c1-19-8-10-2-5-15(14(17)6-10)20-9-11-3-4-12(18)7-13(11)16/h2-7,19H,8-9H2,1H3. The SMILES string of the molecule is CNCc1ccc(OCc2ccc(F)cc2Br)c(Br)c1. The van der Waals surface area contributed by atoms with Crippen LogP contribution in [-0.4, -0.2) is 7.05 Å². The average Bonchev–Trinajstić information content (AvgIpc) is 2.40. The smallest absolute Gasteiger partial charge is 0.134 e. The monoisotopic (exact) mass is 401 g/mol. The number of ether oxygens (including phenoxy) is 1. The number of rotatable bonds is 5. The van der Waals surface area contributed by atoms with Gasteiger partial charge in [-0.2, -0.15) is 0 Å². The van der Waals surface area contributed by atoms with Crippen LogP contribution in [0.3, 0.4) is 0 Å². The van der Waals surface area contributed by atoms with Crippen LogP contribution < -0.4 is 10.1 Å². The first-order chi connectivity index (χ1) is 9.60. The molecule has 5 heteroatoms. The summed E-state index contributed by atoms with van der Waals surface area (Å²) in [6.45, 7) is 1.19. The van der Waals surface area contributed by atoms with Crippen LogP contribution in [0.2, 0.25) is 0 Å². The highest BCUT2D eigenvalue weighted by Gasteiger charge is 2.06. The van der Waals surface area contributed by atoms with E-state index in [1.165, 1.54) is 17.7 Å². The summed E-state index contributed by atoms with van der Waals surface area (Å²) in [5.74, 6) is 0.499. The molecule has 0 saturated carbocycles. The topological polar surface area (TPSA) is 21.3 Å². The van der Waals surface area contributed by atoms with Crippen molar-refractivity contribution in [1.29, 1.82) is 0 Å². The van der Waals surface area contributed by atoms with E-state index in [2.05, 4.69) is 37.2 Å². The molecule has 1 N–H and O–H groups in total. The normalized spacial score (nSPS) is 10.6. The summed E-state index contributed by atoms with van der Waals surface area (Å²) in [5, 5.41) is 3.10. The highest BCUT2D eigenvalue weighted by atomic mass is 79.9. The summed E-state index contributed by atoms with van der Waals surface area (Å²) in [7, 11) is 1.91. The second-order valence-corrected chi connectivity index (χ2v) is 6.03. The van der Waals surface area contributed by atoms with Gasteiger partial charge in [0, 0.05) is 16.6 Å². The van der Waals surface area contributed by atoms with Crippen LogP contribution in [0, 0.1) is 5.82 Å². The van der Waals surface area contributed by atoms with Crippen LogP contribution in [0.1, 0.15) is 11.1 Å². The Hall–Kier alpha value is -0.910. The molecule has 0 fully saturated rings. The van der Waals surface area contributed by atoms with Crippen LogP contribution in [0.25, 0.3) is 0 Å². The molecule has 0 spiro atoms. The molecule has 0 unspecified atom stereocenters. The van der Waals surface area contributed by atoms with E-state index >= 15 is 0 Å². The van der Waals surface area contributed by atoms with Gasteiger partial charge in [0.05, 0.1) is 4.47 Å². The molecule has 2 aromatic rings. The van der Waals surface area contributed by atoms with Gasteiger partial charge < -0.3 is 10.1 Å².